The summed E-state index contributed by atoms with van der Waals surface area (Å²) < 4.78 is 37.9. The smallest absolute Gasteiger partial charge is 0.337 e. The van der Waals surface area contributed by atoms with E-state index >= 15 is 0 Å². The molecule has 0 saturated carbocycles. The van der Waals surface area contributed by atoms with E-state index in [-0.39, 0.29) is 11.7 Å². The van der Waals surface area contributed by atoms with Gasteiger partial charge in [0.25, 0.3) is 0 Å². The first-order valence-corrected chi connectivity index (χ1v) is 7.47. The van der Waals surface area contributed by atoms with Gasteiger partial charge in [0.15, 0.2) is 5.15 Å². The quantitative estimate of drug-likeness (QED) is 0.887. The van der Waals surface area contributed by atoms with Crippen LogP contribution < -0.4 is 10.2 Å². The Morgan fingerprint density at radius 2 is 2.21 bits per heavy atom. The van der Waals surface area contributed by atoms with Gasteiger partial charge in [0.05, 0.1) is 24.5 Å². The zero-order chi connectivity index (χ0) is 17.7. The van der Waals surface area contributed by atoms with Crippen molar-refractivity contribution < 1.29 is 18.0 Å². The van der Waals surface area contributed by atoms with Crippen LogP contribution in [0.5, 0.6) is 0 Å². The highest BCUT2D eigenvalue weighted by molar-refractivity contribution is 6.32. The first-order valence-electron chi connectivity index (χ1n) is 7.09. The number of hydrogen-bond acceptors (Lipinski definition) is 3. The highest BCUT2D eigenvalue weighted by Gasteiger charge is 2.27. The van der Waals surface area contributed by atoms with Crippen molar-refractivity contribution in [2.24, 2.45) is 0 Å². The summed E-state index contributed by atoms with van der Waals surface area (Å²) in [5.74, 6) is 0. The minimum absolute atomic E-state index is 0.0617. The van der Waals surface area contributed by atoms with E-state index in [4.69, 9.17) is 11.6 Å². The molecule has 0 radical (unpaired) electrons. The fourth-order valence-electron chi connectivity index (χ4n) is 1.98. The number of nitrogens with one attached hydrogen (secondary N) is 1. The highest BCUT2D eigenvalue weighted by Crippen LogP contribution is 2.26. The molecule has 0 aromatic carbocycles. The maximum absolute atomic E-state index is 12.2. The lowest BCUT2D eigenvalue weighted by Gasteiger charge is -2.20. The summed E-state index contributed by atoms with van der Waals surface area (Å²) >= 11 is 6.07. The number of carbonyl (C=O) groups excluding carboxylic acids is 1. The van der Waals surface area contributed by atoms with Crippen LogP contribution in [0.25, 0.3) is 5.69 Å². The maximum atomic E-state index is 12.2. The monoisotopic (exact) mass is 361 g/mol. The summed E-state index contributed by atoms with van der Waals surface area (Å²) in [4.78, 5) is 17.3. The molecule has 2 aromatic rings. The third kappa shape index (κ3) is 4.60. The number of halogens is 4. The van der Waals surface area contributed by atoms with E-state index in [1.807, 2.05) is 0 Å². The summed E-state index contributed by atoms with van der Waals surface area (Å²) in [6.07, 6.45) is -0.743. The normalized spacial score (nSPS) is 11.4. The molecule has 0 spiro atoms. The van der Waals surface area contributed by atoms with Crippen molar-refractivity contribution in [1.82, 2.24) is 20.1 Å². The standard InChI is InChI=1S/C14H15ClF3N5O/c1-2-22(13(24)20-7-5-14(16,17)18)11-9-23(21-12(11)15)10-4-3-6-19-8-10/h3-4,6,8-9H,2,5,7H2,1H3,(H,20,24). The van der Waals surface area contributed by atoms with E-state index in [2.05, 4.69) is 15.4 Å². The lowest BCUT2D eigenvalue weighted by molar-refractivity contribution is -0.132. The van der Waals surface area contributed by atoms with E-state index in [9.17, 15) is 18.0 Å². The molecular formula is C14H15ClF3N5O. The van der Waals surface area contributed by atoms with Crippen molar-refractivity contribution in [1.29, 1.82) is 0 Å². The molecule has 130 valence electrons. The van der Waals surface area contributed by atoms with Crippen LogP contribution in [0, 0.1) is 0 Å². The second kappa shape index (κ2) is 7.52. The summed E-state index contributed by atoms with van der Waals surface area (Å²) in [5.41, 5.74) is 0.937. The van der Waals surface area contributed by atoms with Gasteiger partial charge in [-0.15, -0.1) is 0 Å². The second-order valence-corrected chi connectivity index (χ2v) is 5.16. The van der Waals surface area contributed by atoms with Crippen molar-refractivity contribution >= 4 is 23.3 Å². The molecule has 0 unspecified atom stereocenters. The van der Waals surface area contributed by atoms with Crippen LogP contribution in [0.4, 0.5) is 23.7 Å². The van der Waals surface area contributed by atoms with Gasteiger partial charge in [-0.25, -0.2) is 9.48 Å². The van der Waals surface area contributed by atoms with Gasteiger partial charge in [-0.3, -0.25) is 9.88 Å². The predicted molar refractivity (Wildman–Crippen MR) is 83.5 cm³/mol. The first kappa shape index (κ1) is 18.1. The van der Waals surface area contributed by atoms with Crippen LogP contribution in [0.15, 0.2) is 30.7 Å². The Bertz CT molecular complexity index is 689. The van der Waals surface area contributed by atoms with Gasteiger partial charge in [0.1, 0.15) is 5.69 Å². The maximum Gasteiger partial charge on any atom is 0.390 e. The lowest BCUT2D eigenvalue weighted by Crippen LogP contribution is -2.41. The van der Waals surface area contributed by atoms with Crippen molar-refractivity contribution in [3.05, 3.63) is 35.9 Å². The average Bonchev–Trinajstić information content (AvgIpc) is 2.90. The van der Waals surface area contributed by atoms with Crippen LogP contribution in [0.3, 0.4) is 0 Å². The number of urea groups is 1. The molecule has 6 nitrogen and oxygen atoms in total. The van der Waals surface area contributed by atoms with Gasteiger partial charge in [-0.1, -0.05) is 11.6 Å². The van der Waals surface area contributed by atoms with Gasteiger partial charge in [0, 0.05) is 19.3 Å². The van der Waals surface area contributed by atoms with E-state index in [1.165, 1.54) is 15.8 Å². The Morgan fingerprint density at radius 3 is 2.79 bits per heavy atom. The summed E-state index contributed by atoms with van der Waals surface area (Å²) in [7, 11) is 0. The second-order valence-electron chi connectivity index (χ2n) is 4.80. The van der Waals surface area contributed by atoms with Gasteiger partial charge in [-0.05, 0) is 19.1 Å². The number of nitrogens with zero attached hydrogens (tertiary/aromatic N) is 4. The number of anilines is 1. The predicted octanol–water partition coefficient (Wildman–Crippen LogP) is 3.41. The Balaban J connectivity index is 2.13. The Kier molecular flexibility index (Phi) is 5.66. The number of alkyl halides is 3. The zero-order valence-corrected chi connectivity index (χ0v) is 13.5. The van der Waals surface area contributed by atoms with Crippen LogP contribution >= 0.6 is 11.6 Å². The van der Waals surface area contributed by atoms with Gasteiger partial charge < -0.3 is 5.32 Å². The molecule has 0 aliphatic heterocycles. The van der Waals surface area contributed by atoms with Crippen molar-refractivity contribution in [3.8, 4) is 5.69 Å². The van der Waals surface area contributed by atoms with Crippen LogP contribution in [-0.2, 0) is 0 Å². The molecule has 10 heteroatoms. The molecule has 1 N–H and O–H groups in total. The number of amides is 2. The molecule has 0 aliphatic rings. The van der Waals surface area contributed by atoms with Crippen LogP contribution in [0.2, 0.25) is 5.15 Å². The molecule has 24 heavy (non-hydrogen) atoms. The molecule has 0 bridgehead atoms. The lowest BCUT2D eigenvalue weighted by atomic mass is 10.4. The van der Waals surface area contributed by atoms with Gasteiger partial charge in [0.2, 0.25) is 0 Å². The van der Waals surface area contributed by atoms with Gasteiger partial charge in [-0.2, -0.15) is 18.3 Å². The van der Waals surface area contributed by atoms with E-state index in [0.717, 1.165) is 0 Å². The SMILES string of the molecule is CCN(C(=O)NCCC(F)(F)F)c1cn(-c2cccnc2)nc1Cl. The molecule has 2 heterocycles. The number of pyridine rings is 1. The summed E-state index contributed by atoms with van der Waals surface area (Å²) in [5, 5.41) is 6.38. The topological polar surface area (TPSA) is 63.1 Å². The third-order valence-corrected chi connectivity index (χ3v) is 3.37. The Morgan fingerprint density at radius 1 is 1.46 bits per heavy atom. The number of carbonyl (C=O) groups is 1. The Hall–Kier alpha value is -2.29. The first-order chi connectivity index (χ1) is 11.3. The van der Waals surface area contributed by atoms with Crippen molar-refractivity contribution in [3.63, 3.8) is 0 Å². The van der Waals surface area contributed by atoms with Crippen molar-refractivity contribution in [2.45, 2.75) is 19.5 Å². The minimum atomic E-state index is -4.33. The minimum Gasteiger partial charge on any atom is -0.337 e. The molecule has 0 fully saturated rings. The molecule has 2 rings (SSSR count). The van der Waals surface area contributed by atoms with E-state index in [1.54, 1.807) is 31.5 Å². The van der Waals surface area contributed by atoms with E-state index in [0.29, 0.717) is 11.4 Å². The van der Waals surface area contributed by atoms with Crippen molar-refractivity contribution in [2.75, 3.05) is 18.0 Å². The molecule has 0 atom stereocenters. The zero-order valence-electron chi connectivity index (χ0n) is 12.7. The number of rotatable bonds is 5. The molecule has 2 amide bonds. The fraction of sp³-hybridized carbons (Fsp3) is 0.357. The Labute approximate surface area is 141 Å². The molecule has 0 aliphatic carbocycles. The largest absolute Gasteiger partial charge is 0.390 e. The fourth-order valence-corrected chi connectivity index (χ4v) is 2.21. The summed E-state index contributed by atoms with van der Waals surface area (Å²) in [6.45, 7) is 1.39. The summed E-state index contributed by atoms with van der Waals surface area (Å²) in [6, 6.07) is 2.79. The molecule has 0 saturated heterocycles. The molecule has 2 aromatic heterocycles. The average molecular weight is 362 g/mol. The number of aromatic nitrogens is 3. The van der Waals surface area contributed by atoms with Gasteiger partial charge >= 0.3 is 12.2 Å². The van der Waals surface area contributed by atoms with E-state index < -0.39 is 25.2 Å². The third-order valence-electron chi connectivity index (χ3n) is 3.10. The van der Waals surface area contributed by atoms with Crippen LogP contribution in [0.1, 0.15) is 13.3 Å². The molecular weight excluding hydrogens is 347 g/mol. The highest BCUT2D eigenvalue weighted by atomic mass is 35.5. The number of hydrogen-bond donors (Lipinski definition) is 1. The van der Waals surface area contributed by atoms with Crippen LogP contribution in [-0.4, -0.2) is 40.1 Å².